The first-order valence-electron chi connectivity index (χ1n) is 5.31. The van der Waals surface area contributed by atoms with E-state index >= 15 is 0 Å². The van der Waals surface area contributed by atoms with Crippen LogP contribution in [-0.2, 0) is 4.79 Å². The minimum atomic E-state index is -0.438. The fourth-order valence-corrected chi connectivity index (χ4v) is 1.81. The van der Waals surface area contributed by atoms with E-state index in [1.165, 1.54) is 12.0 Å². The SMILES string of the molecule is COc1ccccc1N1C(=O)C(C)N(C)C1=O. The van der Waals surface area contributed by atoms with Crippen LogP contribution in [0.4, 0.5) is 10.5 Å². The Hall–Kier alpha value is -2.04. The van der Waals surface area contributed by atoms with Crippen molar-refractivity contribution in [2.45, 2.75) is 13.0 Å². The monoisotopic (exact) mass is 234 g/mol. The van der Waals surface area contributed by atoms with Crippen molar-refractivity contribution >= 4 is 17.6 Å². The third-order valence-electron chi connectivity index (χ3n) is 2.98. The summed E-state index contributed by atoms with van der Waals surface area (Å²) in [6.45, 7) is 1.70. The van der Waals surface area contributed by atoms with Crippen molar-refractivity contribution in [3.63, 3.8) is 0 Å². The summed E-state index contributed by atoms with van der Waals surface area (Å²) in [6.07, 6.45) is 0. The van der Waals surface area contributed by atoms with Gasteiger partial charge in [0, 0.05) is 7.05 Å². The highest BCUT2D eigenvalue weighted by molar-refractivity contribution is 6.21. The number of carbonyl (C=O) groups excluding carboxylic acids is 2. The van der Waals surface area contributed by atoms with Gasteiger partial charge in [-0.3, -0.25) is 4.79 Å². The van der Waals surface area contributed by atoms with Gasteiger partial charge in [0.1, 0.15) is 11.8 Å². The lowest BCUT2D eigenvalue weighted by molar-refractivity contribution is -0.119. The van der Waals surface area contributed by atoms with Crippen molar-refractivity contribution < 1.29 is 14.3 Å². The molecule has 0 aliphatic carbocycles. The number of hydrogen-bond donors (Lipinski definition) is 0. The fraction of sp³-hybridized carbons (Fsp3) is 0.333. The number of ether oxygens (including phenoxy) is 1. The van der Waals surface area contributed by atoms with Gasteiger partial charge in [0.15, 0.2) is 0 Å². The van der Waals surface area contributed by atoms with Crippen LogP contribution in [0.5, 0.6) is 5.75 Å². The maximum atomic E-state index is 12.0. The van der Waals surface area contributed by atoms with Gasteiger partial charge >= 0.3 is 6.03 Å². The second-order valence-electron chi connectivity index (χ2n) is 3.91. The number of likely N-dealkylation sites (N-methyl/N-ethyl adjacent to an activating group) is 1. The number of para-hydroxylation sites is 2. The molecule has 0 spiro atoms. The quantitative estimate of drug-likeness (QED) is 0.728. The van der Waals surface area contributed by atoms with Crippen LogP contribution < -0.4 is 9.64 Å². The van der Waals surface area contributed by atoms with Gasteiger partial charge in [0.05, 0.1) is 12.8 Å². The van der Waals surface area contributed by atoms with Crippen molar-refractivity contribution in [1.29, 1.82) is 0 Å². The van der Waals surface area contributed by atoms with Gasteiger partial charge in [-0.05, 0) is 19.1 Å². The molecule has 1 atom stereocenters. The first kappa shape index (κ1) is 11.4. The Kier molecular flexibility index (Phi) is 2.75. The number of amides is 3. The highest BCUT2D eigenvalue weighted by atomic mass is 16.5. The van der Waals surface area contributed by atoms with Crippen LogP contribution in [0.15, 0.2) is 24.3 Å². The van der Waals surface area contributed by atoms with Crippen molar-refractivity contribution in [2.24, 2.45) is 0 Å². The first-order chi connectivity index (χ1) is 8.07. The Morgan fingerprint density at radius 1 is 1.24 bits per heavy atom. The number of nitrogens with zero attached hydrogens (tertiary/aromatic N) is 2. The summed E-state index contributed by atoms with van der Waals surface area (Å²) < 4.78 is 5.16. The van der Waals surface area contributed by atoms with Crippen LogP contribution in [-0.4, -0.2) is 37.0 Å². The summed E-state index contributed by atoms with van der Waals surface area (Å²) in [5, 5.41) is 0. The molecule has 1 fully saturated rings. The molecule has 1 saturated heterocycles. The predicted octanol–water partition coefficient (Wildman–Crippen LogP) is 1.48. The van der Waals surface area contributed by atoms with E-state index in [9.17, 15) is 9.59 Å². The number of urea groups is 1. The Labute approximate surface area is 99.6 Å². The molecule has 1 aromatic carbocycles. The molecule has 1 unspecified atom stereocenters. The molecule has 17 heavy (non-hydrogen) atoms. The molecule has 5 heteroatoms. The average molecular weight is 234 g/mol. The Bertz CT molecular complexity index is 453. The standard InChI is InChI=1S/C12H14N2O3/c1-8-11(15)14(12(16)13(8)2)9-6-4-5-7-10(9)17-3/h4-8H,1-3H3. The lowest BCUT2D eigenvalue weighted by Gasteiger charge is -2.16. The zero-order chi connectivity index (χ0) is 12.6. The molecule has 2 rings (SSSR count). The smallest absolute Gasteiger partial charge is 0.331 e. The zero-order valence-corrected chi connectivity index (χ0v) is 10.0. The average Bonchev–Trinajstić information content (AvgIpc) is 2.54. The number of carbonyl (C=O) groups is 2. The third kappa shape index (κ3) is 1.63. The molecular weight excluding hydrogens is 220 g/mol. The fourth-order valence-electron chi connectivity index (χ4n) is 1.81. The summed E-state index contributed by atoms with van der Waals surface area (Å²) in [7, 11) is 3.12. The molecule has 1 heterocycles. The van der Waals surface area contributed by atoms with E-state index in [-0.39, 0.29) is 11.9 Å². The largest absolute Gasteiger partial charge is 0.495 e. The van der Waals surface area contributed by atoms with Crippen molar-refractivity contribution in [1.82, 2.24) is 4.90 Å². The molecule has 5 nitrogen and oxygen atoms in total. The normalized spacial score (nSPS) is 20.1. The van der Waals surface area contributed by atoms with E-state index in [1.807, 2.05) is 0 Å². The zero-order valence-electron chi connectivity index (χ0n) is 10.0. The molecule has 1 aromatic rings. The number of hydrogen-bond acceptors (Lipinski definition) is 3. The molecule has 0 aromatic heterocycles. The molecule has 0 saturated carbocycles. The molecule has 0 bridgehead atoms. The van der Waals surface area contributed by atoms with E-state index in [2.05, 4.69) is 0 Å². The Balaban J connectivity index is 2.47. The maximum Gasteiger partial charge on any atom is 0.331 e. The summed E-state index contributed by atoms with van der Waals surface area (Å²) in [5.41, 5.74) is 0.487. The van der Waals surface area contributed by atoms with Crippen molar-refractivity contribution in [3.05, 3.63) is 24.3 Å². The molecule has 1 aliphatic rings. The number of rotatable bonds is 2. The molecule has 3 amide bonds. The van der Waals surface area contributed by atoms with Gasteiger partial charge in [-0.1, -0.05) is 12.1 Å². The van der Waals surface area contributed by atoms with Crippen LogP contribution >= 0.6 is 0 Å². The highest BCUT2D eigenvalue weighted by Crippen LogP contribution is 2.32. The van der Waals surface area contributed by atoms with Crippen LogP contribution in [0.1, 0.15) is 6.92 Å². The summed E-state index contributed by atoms with van der Waals surface area (Å²) >= 11 is 0. The van der Waals surface area contributed by atoms with Gasteiger partial charge in [0.2, 0.25) is 0 Å². The Morgan fingerprint density at radius 3 is 2.41 bits per heavy atom. The van der Waals surface area contributed by atoms with E-state index in [0.29, 0.717) is 11.4 Å². The predicted molar refractivity (Wildman–Crippen MR) is 63.1 cm³/mol. The lowest BCUT2D eigenvalue weighted by Crippen LogP contribution is -2.31. The molecule has 1 aliphatic heterocycles. The molecule has 0 N–H and O–H groups in total. The highest BCUT2D eigenvalue weighted by Gasteiger charge is 2.42. The third-order valence-corrected chi connectivity index (χ3v) is 2.98. The van der Waals surface area contributed by atoms with E-state index in [4.69, 9.17) is 4.74 Å². The summed E-state index contributed by atoms with van der Waals surface area (Å²) in [4.78, 5) is 26.5. The van der Waals surface area contributed by atoms with Crippen molar-refractivity contribution in [2.75, 3.05) is 19.1 Å². The number of methoxy groups -OCH3 is 1. The van der Waals surface area contributed by atoms with Crippen LogP contribution in [0.25, 0.3) is 0 Å². The van der Waals surface area contributed by atoms with E-state index in [0.717, 1.165) is 4.90 Å². The molecular formula is C12H14N2O3. The van der Waals surface area contributed by atoms with Crippen LogP contribution in [0, 0.1) is 0 Å². The van der Waals surface area contributed by atoms with Gasteiger partial charge in [0.25, 0.3) is 5.91 Å². The second kappa shape index (κ2) is 4.08. The minimum Gasteiger partial charge on any atom is -0.495 e. The number of benzene rings is 1. The first-order valence-corrected chi connectivity index (χ1v) is 5.31. The van der Waals surface area contributed by atoms with Gasteiger partial charge in [-0.25, -0.2) is 9.69 Å². The van der Waals surface area contributed by atoms with Gasteiger partial charge in [-0.15, -0.1) is 0 Å². The minimum absolute atomic E-state index is 0.234. The van der Waals surface area contributed by atoms with Crippen LogP contribution in [0.3, 0.4) is 0 Å². The van der Waals surface area contributed by atoms with Crippen molar-refractivity contribution in [3.8, 4) is 5.75 Å². The van der Waals surface area contributed by atoms with E-state index < -0.39 is 6.04 Å². The van der Waals surface area contributed by atoms with E-state index in [1.54, 1.807) is 38.2 Å². The van der Waals surface area contributed by atoms with Gasteiger partial charge in [-0.2, -0.15) is 0 Å². The summed E-state index contributed by atoms with van der Waals surface area (Å²) in [5.74, 6) is 0.277. The number of imide groups is 1. The Morgan fingerprint density at radius 2 is 1.88 bits per heavy atom. The topological polar surface area (TPSA) is 49.9 Å². The number of anilines is 1. The lowest BCUT2D eigenvalue weighted by atomic mass is 10.2. The maximum absolute atomic E-state index is 12.0. The van der Waals surface area contributed by atoms with Crippen LogP contribution in [0.2, 0.25) is 0 Å². The summed E-state index contributed by atoms with van der Waals surface area (Å²) in [6, 6.07) is 6.21. The second-order valence-corrected chi connectivity index (χ2v) is 3.91. The molecule has 0 radical (unpaired) electrons. The molecule has 90 valence electrons. The van der Waals surface area contributed by atoms with Gasteiger partial charge < -0.3 is 9.64 Å².